The van der Waals surface area contributed by atoms with Crippen molar-refractivity contribution in [2.24, 2.45) is 0 Å². The van der Waals surface area contributed by atoms with Crippen molar-refractivity contribution < 1.29 is 18.0 Å². The van der Waals surface area contributed by atoms with Gasteiger partial charge in [-0.2, -0.15) is 18.3 Å². The van der Waals surface area contributed by atoms with Crippen molar-refractivity contribution >= 4 is 29.1 Å². The second-order valence-electron chi connectivity index (χ2n) is 8.18. The van der Waals surface area contributed by atoms with Crippen LogP contribution in [0.25, 0.3) is 21.8 Å². The number of aromatic nitrogens is 2. The van der Waals surface area contributed by atoms with E-state index in [9.17, 15) is 18.0 Å². The smallest absolute Gasteiger partial charge is 0.344 e. The monoisotopic (exact) mass is 542 g/mol. The number of alkyl halides is 3. The van der Waals surface area contributed by atoms with Gasteiger partial charge in [-0.3, -0.25) is 4.79 Å². The summed E-state index contributed by atoms with van der Waals surface area (Å²) >= 11 is 12.5. The highest BCUT2D eigenvalue weighted by Gasteiger charge is 2.31. The summed E-state index contributed by atoms with van der Waals surface area (Å²) < 4.78 is 40.3. The number of carbonyl (C=O) groups is 1. The molecule has 0 saturated heterocycles. The molecule has 3 aromatic carbocycles. The van der Waals surface area contributed by atoms with Gasteiger partial charge in [0, 0.05) is 10.6 Å². The first kappa shape index (κ1) is 26.3. The molecule has 0 radical (unpaired) electrons. The number of carbonyl (C=O) groups excluding carboxylic acids is 1. The summed E-state index contributed by atoms with van der Waals surface area (Å²) in [7, 11) is 0. The molecule has 0 fully saturated rings. The van der Waals surface area contributed by atoms with Gasteiger partial charge in [0.15, 0.2) is 5.69 Å². The number of nitrogens with zero attached hydrogens (tertiary/aromatic N) is 3. The van der Waals surface area contributed by atoms with Crippen molar-refractivity contribution in [2.45, 2.75) is 25.7 Å². The van der Waals surface area contributed by atoms with E-state index in [0.717, 1.165) is 12.1 Å². The van der Waals surface area contributed by atoms with Crippen molar-refractivity contribution in [1.29, 1.82) is 0 Å². The molecule has 188 valence electrons. The Kier molecular flexibility index (Phi) is 7.58. The summed E-state index contributed by atoms with van der Waals surface area (Å²) in [5.41, 5.74) is 1.79. The molecular weight excluding hydrogens is 524 g/mol. The van der Waals surface area contributed by atoms with Crippen LogP contribution in [0.1, 0.15) is 40.1 Å². The third-order valence-corrected chi connectivity index (χ3v) is 6.29. The Morgan fingerprint density at radius 2 is 1.70 bits per heavy atom. The van der Waals surface area contributed by atoms with Gasteiger partial charge in [0.1, 0.15) is 0 Å². The fourth-order valence-corrected chi connectivity index (χ4v) is 4.21. The number of hydrogen-bond donors (Lipinski definition) is 1. The zero-order valence-electron chi connectivity index (χ0n) is 19.4. The summed E-state index contributed by atoms with van der Waals surface area (Å²) in [6.45, 7) is 9.00. The molecule has 0 aliphatic heterocycles. The van der Waals surface area contributed by atoms with E-state index >= 15 is 0 Å². The minimum absolute atomic E-state index is 0.0135. The molecule has 4 aromatic rings. The van der Waals surface area contributed by atoms with Crippen molar-refractivity contribution in [3.05, 3.63) is 117 Å². The van der Waals surface area contributed by atoms with E-state index in [1.165, 1.54) is 16.8 Å². The number of nitrogens with one attached hydrogen (secondary N) is 1. The Bertz CT molecular complexity index is 1470. The molecular formula is C27H19Cl2F3N4O. The van der Waals surface area contributed by atoms with Gasteiger partial charge in [-0.25, -0.2) is 11.3 Å². The predicted octanol–water partition coefficient (Wildman–Crippen LogP) is 7.78. The van der Waals surface area contributed by atoms with E-state index in [4.69, 9.17) is 29.8 Å². The van der Waals surface area contributed by atoms with Crippen molar-refractivity contribution in [3.63, 3.8) is 0 Å². The average Bonchev–Trinajstić information content (AvgIpc) is 3.23. The van der Waals surface area contributed by atoms with Gasteiger partial charge >= 0.3 is 6.18 Å². The molecule has 10 heteroatoms. The number of halogens is 5. The number of para-hydroxylation sites is 1. The quantitative estimate of drug-likeness (QED) is 0.253. The molecule has 0 bridgehead atoms. The summed E-state index contributed by atoms with van der Waals surface area (Å²) in [5.74, 6) is -0.577. The highest BCUT2D eigenvalue weighted by molar-refractivity contribution is 6.32. The zero-order chi connectivity index (χ0) is 26.7. The van der Waals surface area contributed by atoms with Crippen LogP contribution in [-0.4, -0.2) is 15.7 Å². The standard InChI is InChI=1S/C27H19Cl2F3N4O/c1-16(17-7-11-19(12-8-17)27(30,31)32)34-26(37)24-21(15-33-2)25(18-9-13-20(28)14-10-18)36(35-24)23-6-4-3-5-22(23)29/h3-14,16H,15H2,1H3,(H,34,37)/t16-/m1/s1. The molecule has 1 heterocycles. The fourth-order valence-electron chi connectivity index (χ4n) is 3.87. The third-order valence-electron chi connectivity index (χ3n) is 5.72. The molecule has 0 aliphatic rings. The first-order valence-electron chi connectivity index (χ1n) is 11.0. The lowest BCUT2D eigenvalue weighted by molar-refractivity contribution is -0.137. The van der Waals surface area contributed by atoms with Crippen molar-refractivity contribution in [3.8, 4) is 16.9 Å². The van der Waals surface area contributed by atoms with Crippen LogP contribution in [0.5, 0.6) is 0 Å². The van der Waals surface area contributed by atoms with Gasteiger partial charge in [-0.05, 0) is 48.9 Å². The summed E-state index contributed by atoms with van der Waals surface area (Å²) in [4.78, 5) is 16.9. The van der Waals surface area contributed by atoms with Crippen LogP contribution in [0.4, 0.5) is 13.2 Å². The minimum Gasteiger partial charge on any atom is -0.344 e. The Labute approximate surface area is 221 Å². The lowest BCUT2D eigenvalue weighted by Crippen LogP contribution is -2.28. The Balaban J connectivity index is 1.77. The summed E-state index contributed by atoms with van der Waals surface area (Å²) in [6.07, 6.45) is -4.46. The maximum absolute atomic E-state index is 13.4. The lowest BCUT2D eigenvalue weighted by Gasteiger charge is -2.15. The molecule has 0 spiro atoms. The van der Waals surface area contributed by atoms with Crippen LogP contribution < -0.4 is 5.32 Å². The average molecular weight is 543 g/mol. The largest absolute Gasteiger partial charge is 0.416 e. The number of benzene rings is 3. The topological polar surface area (TPSA) is 51.3 Å². The molecule has 1 N–H and O–H groups in total. The maximum atomic E-state index is 13.4. The second-order valence-corrected chi connectivity index (χ2v) is 9.02. The Morgan fingerprint density at radius 3 is 2.30 bits per heavy atom. The first-order valence-corrected chi connectivity index (χ1v) is 11.8. The minimum atomic E-state index is -4.46. The van der Waals surface area contributed by atoms with Crippen LogP contribution in [0.2, 0.25) is 10.0 Å². The number of amides is 1. The first-order chi connectivity index (χ1) is 17.6. The van der Waals surface area contributed by atoms with E-state index in [1.54, 1.807) is 55.5 Å². The predicted molar refractivity (Wildman–Crippen MR) is 137 cm³/mol. The highest BCUT2D eigenvalue weighted by atomic mass is 35.5. The van der Waals surface area contributed by atoms with E-state index in [-0.39, 0.29) is 12.2 Å². The normalized spacial score (nSPS) is 12.1. The van der Waals surface area contributed by atoms with E-state index < -0.39 is 23.7 Å². The van der Waals surface area contributed by atoms with Gasteiger partial charge in [0.05, 0.1) is 33.6 Å². The number of hydrogen-bond acceptors (Lipinski definition) is 2. The SMILES string of the molecule is [C-]#[N+]Cc1c(C(=O)N[C@H](C)c2ccc(C(F)(F)F)cc2)nn(-c2ccccc2Cl)c1-c1ccc(Cl)cc1. The second kappa shape index (κ2) is 10.7. The summed E-state index contributed by atoms with van der Waals surface area (Å²) in [5, 5.41) is 8.24. The van der Waals surface area contributed by atoms with Gasteiger partial charge in [0.2, 0.25) is 6.54 Å². The summed E-state index contributed by atoms with van der Waals surface area (Å²) in [6, 6.07) is 17.8. The molecule has 1 aromatic heterocycles. The fraction of sp³-hybridized carbons (Fsp3) is 0.148. The molecule has 0 saturated carbocycles. The van der Waals surface area contributed by atoms with Crippen molar-refractivity contribution in [1.82, 2.24) is 15.1 Å². The van der Waals surface area contributed by atoms with Crippen LogP contribution in [0.15, 0.2) is 72.8 Å². The van der Waals surface area contributed by atoms with E-state index in [1.807, 2.05) is 0 Å². The highest BCUT2D eigenvalue weighted by Crippen LogP contribution is 2.34. The lowest BCUT2D eigenvalue weighted by atomic mass is 10.0. The molecule has 1 amide bonds. The molecule has 37 heavy (non-hydrogen) atoms. The van der Waals surface area contributed by atoms with Gasteiger partial charge < -0.3 is 10.2 Å². The van der Waals surface area contributed by atoms with Gasteiger partial charge in [-0.1, -0.05) is 59.6 Å². The van der Waals surface area contributed by atoms with Crippen LogP contribution in [0, 0.1) is 6.57 Å². The van der Waals surface area contributed by atoms with Crippen molar-refractivity contribution in [2.75, 3.05) is 0 Å². The van der Waals surface area contributed by atoms with Crippen LogP contribution in [0.3, 0.4) is 0 Å². The van der Waals surface area contributed by atoms with Crippen LogP contribution >= 0.6 is 23.2 Å². The number of rotatable bonds is 6. The molecule has 5 nitrogen and oxygen atoms in total. The van der Waals surface area contributed by atoms with Crippen LogP contribution in [-0.2, 0) is 12.7 Å². The maximum Gasteiger partial charge on any atom is 0.416 e. The Hall–Kier alpha value is -3.80. The van der Waals surface area contributed by atoms with Gasteiger partial charge in [-0.15, -0.1) is 0 Å². The molecule has 4 rings (SSSR count). The molecule has 0 unspecified atom stereocenters. The molecule has 0 aliphatic carbocycles. The van der Waals surface area contributed by atoms with Gasteiger partial charge in [0.25, 0.3) is 5.91 Å². The zero-order valence-corrected chi connectivity index (χ0v) is 20.9. The molecule has 1 atom stereocenters. The van der Waals surface area contributed by atoms with E-state index in [0.29, 0.717) is 38.1 Å². The Morgan fingerprint density at radius 1 is 1.05 bits per heavy atom. The van der Waals surface area contributed by atoms with E-state index in [2.05, 4.69) is 15.3 Å². The third kappa shape index (κ3) is 5.63.